The van der Waals surface area contributed by atoms with Gasteiger partial charge in [-0.05, 0) is 26.8 Å². The molecule has 1 aliphatic carbocycles. The van der Waals surface area contributed by atoms with E-state index in [2.05, 4.69) is 34.5 Å². The minimum atomic E-state index is 0.569. The summed E-state index contributed by atoms with van der Waals surface area (Å²) in [5, 5.41) is 6.93. The largest absolute Gasteiger partial charge is 0.343 e. The second kappa shape index (κ2) is 5.15. The molecule has 0 aromatic carbocycles. The molecule has 2 fully saturated rings. The zero-order valence-corrected chi connectivity index (χ0v) is 12.0. The van der Waals surface area contributed by atoms with Crippen LogP contribution in [0, 0.1) is 0 Å². The van der Waals surface area contributed by atoms with Crippen LogP contribution in [0.1, 0.15) is 25.5 Å². The summed E-state index contributed by atoms with van der Waals surface area (Å²) in [7, 11) is 2.20. The average Bonchev–Trinajstić information content (AvgIpc) is 3.05. The molecule has 0 bridgehead atoms. The second-order valence-corrected chi connectivity index (χ2v) is 6.42. The second-order valence-electron chi connectivity index (χ2n) is 5.58. The van der Waals surface area contributed by atoms with Gasteiger partial charge in [-0.2, -0.15) is 0 Å². The number of likely N-dealkylation sites (N-methyl/N-ethyl adjacent to an activating group) is 1. The van der Waals surface area contributed by atoms with Crippen molar-refractivity contribution in [2.75, 3.05) is 31.6 Å². The van der Waals surface area contributed by atoms with Gasteiger partial charge in [0.05, 0.1) is 5.69 Å². The van der Waals surface area contributed by atoms with Gasteiger partial charge in [-0.25, -0.2) is 4.98 Å². The standard InChI is InChI=1S/C13H22N4S/c1-10-8-16(2)5-6-17(10)13-15-12(9-18-13)7-14-11-3-4-11/h9-11,14H,3-8H2,1-2H3. The van der Waals surface area contributed by atoms with Gasteiger partial charge < -0.3 is 15.1 Å². The lowest BCUT2D eigenvalue weighted by Crippen LogP contribution is -2.50. The predicted octanol–water partition coefficient (Wildman–Crippen LogP) is 1.54. The van der Waals surface area contributed by atoms with E-state index >= 15 is 0 Å². The molecule has 2 heterocycles. The van der Waals surface area contributed by atoms with Crippen LogP contribution in [-0.4, -0.2) is 48.6 Å². The molecule has 3 rings (SSSR count). The molecule has 1 saturated carbocycles. The van der Waals surface area contributed by atoms with Gasteiger partial charge in [-0.3, -0.25) is 0 Å². The molecule has 1 saturated heterocycles. The Balaban J connectivity index is 1.60. The third-order valence-corrected chi connectivity index (χ3v) is 4.69. The Hall–Kier alpha value is -0.650. The zero-order valence-electron chi connectivity index (χ0n) is 11.2. The average molecular weight is 266 g/mol. The SMILES string of the molecule is CC1CN(C)CCN1c1nc(CNC2CC2)cs1. The van der Waals surface area contributed by atoms with Crippen molar-refractivity contribution in [1.82, 2.24) is 15.2 Å². The fourth-order valence-corrected chi connectivity index (χ4v) is 3.42. The molecule has 2 aliphatic rings. The maximum Gasteiger partial charge on any atom is 0.185 e. The highest BCUT2D eigenvalue weighted by Crippen LogP contribution is 2.25. The van der Waals surface area contributed by atoms with Gasteiger partial charge in [0.2, 0.25) is 0 Å². The Labute approximate surface area is 113 Å². The Bertz CT molecular complexity index is 401. The third kappa shape index (κ3) is 2.84. The number of thiazole rings is 1. The van der Waals surface area contributed by atoms with Crippen LogP contribution in [0.5, 0.6) is 0 Å². The predicted molar refractivity (Wildman–Crippen MR) is 76.3 cm³/mol. The van der Waals surface area contributed by atoms with Crippen LogP contribution in [0.25, 0.3) is 0 Å². The molecule has 1 unspecified atom stereocenters. The fourth-order valence-electron chi connectivity index (χ4n) is 2.47. The Kier molecular flexibility index (Phi) is 3.54. The van der Waals surface area contributed by atoms with Gasteiger partial charge in [0.1, 0.15) is 0 Å². The molecule has 18 heavy (non-hydrogen) atoms. The van der Waals surface area contributed by atoms with Crippen molar-refractivity contribution in [1.29, 1.82) is 0 Å². The number of nitrogens with zero attached hydrogens (tertiary/aromatic N) is 3. The number of anilines is 1. The molecule has 0 radical (unpaired) electrons. The minimum Gasteiger partial charge on any atom is -0.343 e. The van der Waals surface area contributed by atoms with Crippen molar-refractivity contribution in [2.45, 2.75) is 38.4 Å². The normalized spacial score (nSPS) is 25.7. The van der Waals surface area contributed by atoms with Crippen LogP contribution < -0.4 is 10.2 Å². The summed E-state index contributed by atoms with van der Waals surface area (Å²) in [6.45, 7) is 6.60. The Morgan fingerprint density at radius 1 is 1.44 bits per heavy atom. The van der Waals surface area contributed by atoms with Crippen molar-refractivity contribution in [2.24, 2.45) is 0 Å². The molecule has 1 N–H and O–H groups in total. The first-order chi connectivity index (χ1) is 8.72. The quantitative estimate of drug-likeness (QED) is 0.896. The number of hydrogen-bond donors (Lipinski definition) is 1. The van der Waals surface area contributed by atoms with E-state index in [-0.39, 0.29) is 0 Å². The summed E-state index contributed by atoms with van der Waals surface area (Å²) in [5.41, 5.74) is 1.20. The van der Waals surface area contributed by atoms with Crippen LogP contribution in [0.15, 0.2) is 5.38 Å². The number of hydrogen-bond acceptors (Lipinski definition) is 5. The summed E-state index contributed by atoms with van der Waals surface area (Å²) >= 11 is 1.79. The van der Waals surface area contributed by atoms with Crippen molar-refractivity contribution in [3.05, 3.63) is 11.1 Å². The van der Waals surface area contributed by atoms with Gasteiger partial charge in [-0.15, -0.1) is 11.3 Å². The molecule has 5 heteroatoms. The minimum absolute atomic E-state index is 0.569. The molecular formula is C13H22N4S. The van der Waals surface area contributed by atoms with Crippen LogP contribution in [0.4, 0.5) is 5.13 Å². The summed E-state index contributed by atoms with van der Waals surface area (Å²) in [6, 6.07) is 1.33. The summed E-state index contributed by atoms with van der Waals surface area (Å²) in [4.78, 5) is 9.62. The Morgan fingerprint density at radius 3 is 3.00 bits per heavy atom. The van der Waals surface area contributed by atoms with Crippen LogP contribution in [0.3, 0.4) is 0 Å². The molecule has 4 nitrogen and oxygen atoms in total. The number of aromatic nitrogens is 1. The molecule has 1 aromatic rings. The first kappa shape index (κ1) is 12.4. The summed E-state index contributed by atoms with van der Waals surface area (Å²) in [5.74, 6) is 0. The lowest BCUT2D eigenvalue weighted by molar-refractivity contribution is 0.275. The van der Waals surface area contributed by atoms with Crippen molar-refractivity contribution < 1.29 is 0 Å². The molecule has 0 amide bonds. The van der Waals surface area contributed by atoms with E-state index in [1.54, 1.807) is 11.3 Å². The van der Waals surface area contributed by atoms with Crippen LogP contribution in [0.2, 0.25) is 0 Å². The molecule has 100 valence electrons. The van der Waals surface area contributed by atoms with Crippen molar-refractivity contribution >= 4 is 16.5 Å². The third-order valence-electron chi connectivity index (χ3n) is 3.77. The molecule has 1 aromatic heterocycles. The fraction of sp³-hybridized carbons (Fsp3) is 0.769. The maximum absolute atomic E-state index is 4.77. The van der Waals surface area contributed by atoms with Crippen LogP contribution >= 0.6 is 11.3 Å². The topological polar surface area (TPSA) is 31.4 Å². The zero-order chi connectivity index (χ0) is 12.5. The maximum atomic E-state index is 4.77. The molecule has 1 aliphatic heterocycles. The van der Waals surface area contributed by atoms with E-state index in [4.69, 9.17) is 4.98 Å². The van der Waals surface area contributed by atoms with E-state index < -0.39 is 0 Å². The van der Waals surface area contributed by atoms with E-state index in [0.717, 1.165) is 32.2 Å². The highest BCUT2D eigenvalue weighted by Gasteiger charge is 2.24. The van der Waals surface area contributed by atoms with Gasteiger partial charge in [0, 0.05) is 43.6 Å². The van der Waals surface area contributed by atoms with Gasteiger partial charge in [0.25, 0.3) is 0 Å². The summed E-state index contributed by atoms with van der Waals surface area (Å²) < 4.78 is 0. The monoisotopic (exact) mass is 266 g/mol. The number of piperazine rings is 1. The molecular weight excluding hydrogens is 244 g/mol. The summed E-state index contributed by atoms with van der Waals surface area (Å²) in [6.07, 6.45) is 2.68. The highest BCUT2D eigenvalue weighted by molar-refractivity contribution is 7.13. The number of nitrogens with one attached hydrogen (secondary N) is 1. The lowest BCUT2D eigenvalue weighted by atomic mass is 10.2. The van der Waals surface area contributed by atoms with Crippen molar-refractivity contribution in [3.63, 3.8) is 0 Å². The van der Waals surface area contributed by atoms with E-state index in [9.17, 15) is 0 Å². The van der Waals surface area contributed by atoms with Gasteiger partial charge >= 0.3 is 0 Å². The number of rotatable bonds is 4. The van der Waals surface area contributed by atoms with Crippen LogP contribution in [-0.2, 0) is 6.54 Å². The van der Waals surface area contributed by atoms with E-state index in [0.29, 0.717) is 6.04 Å². The first-order valence-electron chi connectivity index (χ1n) is 6.85. The van der Waals surface area contributed by atoms with Gasteiger partial charge in [0.15, 0.2) is 5.13 Å². The molecule has 0 spiro atoms. The van der Waals surface area contributed by atoms with Gasteiger partial charge in [-0.1, -0.05) is 0 Å². The van der Waals surface area contributed by atoms with Crippen molar-refractivity contribution in [3.8, 4) is 0 Å². The highest BCUT2D eigenvalue weighted by atomic mass is 32.1. The first-order valence-corrected chi connectivity index (χ1v) is 7.73. The lowest BCUT2D eigenvalue weighted by Gasteiger charge is -2.38. The molecule has 1 atom stereocenters. The smallest absolute Gasteiger partial charge is 0.185 e. The van der Waals surface area contributed by atoms with E-state index in [1.807, 2.05) is 0 Å². The Morgan fingerprint density at radius 2 is 2.28 bits per heavy atom. The van der Waals surface area contributed by atoms with E-state index in [1.165, 1.54) is 23.7 Å².